The molecule has 136 valence electrons. The molecule has 0 saturated carbocycles. The number of halogens is 1. The molecule has 1 aromatic heterocycles. The monoisotopic (exact) mass is 373 g/mol. The summed E-state index contributed by atoms with van der Waals surface area (Å²) in [4.78, 5) is 0.274. The molecule has 5 nitrogen and oxygen atoms in total. The van der Waals surface area contributed by atoms with Crippen LogP contribution < -0.4 is 4.72 Å². The highest BCUT2D eigenvalue weighted by Gasteiger charge is 2.21. The molecular formula is C19H20FN3O2S. The number of aromatic nitrogens is 2. The molecule has 3 aromatic rings. The van der Waals surface area contributed by atoms with E-state index in [0.29, 0.717) is 17.7 Å². The second-order valence-electron chi connectivity index (χ2n) is 6.36. The Labute approximate surface area is 152 Å². The number of hydrogen-bond donors (Lipinski definition) is 1. The van der Waals surface area contributed by atoms with Crippen molar-refractivity contribution in [2.75, 3.05) is 4.72 Å². The Bertz CT molecular complexity index is 1020. The molecule has 0 bridgehead atoms. The van der Waals surface area contributed by atoms with Crippen molar-refractivity contribution >= 4 is 15.8 Å². The number of benzene rings is 2. The number of rotatable bonds is 5. The Morgan fingerprint density at radius 3 is 2.27 bits per heavy atom. The molecule has 0 aliphatic heterocycles. The van der Waals surface area contributed by atoms with E-state index >= 15 is 0 Å². The Kier molecular flexibility index (Phi) is 4.82. The predicted octanol–water partition coefficient (Wildman–Crippen LogP) is 3.80. The summed E-state index contributed by atoms with van der Waals surface area (Å²) in [5, 5.41) is 4.25. The Hall–Kier alpha value is -2.67. The third-order valence-electron chi connectivity index (χ3n) is 4.01. The van der Waals surface area contributed by atoms with Crippen molar-refractivity contribution in [3.63, 3.8) is 0 Å². The first kappa shape index (κ1) is 18.1. The van der Waals surface area contributed by atoms with E-state index in [1.165, 1.54) is 12.1 Å². The summed E-state index contributed by atoms with van der Waals surface area (Å²) >= 11 is 0. The van der Waals surface area contributed by atoms with E-state index in [1.807, 2.05) is 19.1 Å². The number of anilines is 1. The van der Waals surface area contributed by atoms with E-state index in [9.17, 15) is 12.8 Å². The number of nitrogens with one attached hydrogen (secondary N) is 1. The largest absolute Gasteiger partial charge is 0.266 e. The minimum Gasteiger partial charge on any atom is -0.266 e. The zero-order valence-corrected chi connectivity index (χ0v) is 15.6. The molecule has 2 aromatic carbocycles. The lowest BCUT2D eigenvalue weighted by atomic mass is 10.1. The molecule has 0 radical (unpaired) electrons. The van der Waals surface area contributed by atoms with E-state index < -0.39 is 10.0 Å². The van der Waals surface area contributed by atoms with Gasteiger partial charge in [0.1, 0.15) is 5.82 Å². The van der Waals surface area contributed by atoms with Crippen LogP contribution >= 0.6 is 0 Å². The lowest BCUT2D eigenvalue weighted by Gasteiger charge is -2.12. The summed E-state index contributed by atoms with van der Waals surface area (Å²) in [6.45, 7) is 5.91. The predicted molar refractivity (Wildman–Crippen MR) is 99.2 cm³/mol. The number of nitrogens with zero attached hydrogens (tertiary/aromatic N) is 2. The number of sulfonamides is 1. The van der Waals surface area contributed by atoms with Crippen molar-refractivity contribution in [2.24, 2.45) is 0 Å². The van der Waals surface area contributed by atoms with E-state index in [4.69, 9.17) is 0 Å². The smallest absolute Gasteiger partial charge is 0.263 e. The van der Waals surface area contributed by atoms with E-state index in [1.54, 1.807) is 42.9 Å². The molecule has 3 rings (SSSR count). The summed E-state index contributed by atoms with van der Waals surface area (Å²) in [6, 6.07) is 11.4. The Balaban J connectivity index is 1.81. The standard InChI is InChI=1S/C19H20FN3O2S/c1-13-10-14(2)19(15(3)11-13)26(24,25)22-18-8-9-23(21-18)12-16-4-6-17(20)7-5-16/h4-11H,12H2,1-3H3,(H,21,22). The summed E-state index contributed by atoms with van der Waals surface area (Å²) in [7, 11) is -3.73. The van der Waals surface area contributed by atoms with Crippen molar-refractivity contribution in [3.05, 3.63) is 76.7 Å². The topological polar surface area (TPSA) is 64.0 Å². The first-order valence-corrected chi connectivity index (χ1v) is 9.61. The van der Waals surface area contributed by atoms with Crippen molar-refractivity contribution in [1.82, 2.24) is 9.78 Å². The second-order valence-corrected chi connectivity index (χ2v) is 7.98. The van der Waals surface area contributed by atoms with Gasteiger partial charge in [0.05, 0.1) is 11.4 Å². The average molecular weight is 373 g/mol. The van der Waals surface area contributed by atoms with Gasteiger partial charge in [-0.15, -0.1) is 0 Å². The van der Waals surface area contributed by atoms with Crippen molar-refractivity contribution in [3.8, 4) is 0 Å². The van der Waals surface area contributed by atoms with E-state index in [0.717, 1.165) is 11.1 Å². The van der Waals surface area contributed by atoms with Crippen molar-refractivity contribution < 1.29 is 12.8 Å². The van der Waals surface area contributed by atoms with Crippen LogP contribution in [0.5, 0.6) is 0 Å². The van der Waals surface area contributed by atoms with Gasteiger partial charge in [-0.1, -0.05) is 29.8 Å². The summed E-state index contributed by atoms with van der Waals surface area (Å²) in [6.07, 6.45) is 1.68. The van der Waals surface area contributed by atoms with Gasteiger partial charge in [-0.2, -0.15) is 5.10 Å². The van der Waals surface area contributed by atoms with Gasteiger partial charge in [-0.25, -0.2) is 12.8 Å². The highest BCUT2D eigenvalue weighted by Crippen LogP contribution is 2.23. The molecule has 0 amide bonds. The fourth-order valence-electron chi connectivity index (χ4n) is 3.06. The maximum Gasteiger partial charge on any atom is 0.263 e. The van der Waals surface area contributed by atoms with E-state index in [-0.39, 0.29) is 16.5 Å². The van der Waals surface area contributed by atoms with Crippen LogP contribution in [-0.4, -0.2) is 18.2 Å². The summed E-state index contributed by atoms with van der Waals surface area (Å²) in [5.74, 6) is -0.0574. The molecule has 1 N–H and O–H groups in total. The molecular weight excluding hydrogens is 353 g/mol. The molecule has 0 aliphatic rings. The molecule has 1 heterocycles. The highest BCUT2D eigenvalue weighted by molar-refractivity contribution is 7.92. The van der Waals surface area contributed by atoms with Crippen LogP contribution in [0.2, 0.25) is 0 Å². The van der Waals surface area contributed by atoms with Gasteiger partial charge in [-0.05, 0) is 49.6 Å². The van der Waals surface area contributed by atoms with E-state index in [2.05, 4.69) is 9.82 Å². The normalized spacial score (nSPS) is 11.5. The minimum absolute atomic E-state index is 0.242. The zero-order valence-electron chi connectivity index (χ0n) is 14.8. The van der Waals surface area contributed by atoms with Crippen LogP contribution in [0.1, 0.15) is 22.3 Å². The maximum atomic E-state index is 13.0. The molecule has 0 unspecified atom stereocenters. The SMILES string of the molecule is Cc1cc(C)c(S(=O)(=O)Nc2ccn(Cc3ccc(F)cc3)n2)c(C)c1. The molecule has 0 fully saturated rings. The van der Waals surface area contributed by atoms with Crippen LogP contribution in [0.25, 0.3) is 0 Å². The highest BCUT2D eigenvalue weighted by atomic mass is 32.2. The molecule has 7 heteroatoms. The molecule has 0 saturated heterocycles. The molecule has 0 atom stereocenters. The summed E-state index contributed by atoms with van der Waals surface area (Å²) < 4.78 is 42.6. The van der Waals surface area contributed by atoms with Gasteiger partial charge < -0.3 is 0 Å². The van der Waals surface area contributed by atoms with Crippen molar-refractivity contribution in [2.45, 2.75) is 32.2 Å². The minimum atomic E-state index is -3.73. The van der Waals surface area contributed by atoms with Crippen molar-refractivity contribution in [1.29, 1.82) is 0 Å². The van der Waals surface area contributed by atoms with Gasteiger partial charge in [0.15, 0.2) is 5.82 Å². The van der Waals surface area contributed by atoms with Gasteiger partial charge >= 0.3 is 0 Å². The lowest BCUT2D eigenvalue weighted by molar-refractivity contribution is 0.599. The van der Waals surface area contributed by atoms with Gasteiger partial charge in [-0.3, -0.25) is 9.40 Å². The van der Waals surface area contributed by atoms with Gasteiger partial charge in [0, 0.05) is 12.3 Å². The maximum absolute atomic E-state index is 13.0. The fraction of sp³-hybridized carbons (Fsp3) is 0.211. The first-order valence-electron chi connectivity index (χ1n) is 8.13. The third kappa shape index (κ3) is 3.94. The molecule has 26 heavy (non-hydrogen) atoms. The summed E-state index contributed by atoms with van der Waals surface area (Å²) in [5.41, 5.74) is 3.28. The van der Waals surface area contributed by atoms with Crippen LogP contribution in [0.15, 0.2) is 53.6 Å². The number of aryl methyl sites for hydroxylation is 3. The van der Waals surface area contributed by atoms with Gasteiger partial charge in [0.25, 0.3) is 10.0 Å². The van der Waals surface area contributed by atoms with Crippen LogP contribution in [0, 0.1) is 26.6 Å². The Morgan fingerprint density at radius 2 is 1.65 bits per heavy atom. The van der Waals surface area contributed by atoms with Gasteiger partial charge in [0.2, 0.25) is 0 Å². The average Bonchev–Trinajstić information content (AvgIpc) is 2.94. The molecule has 0 aliphatic carbocycles. The van der Waals surface area contributed by atoms with Crippen LogP contribution in [-0.2, 0) is 16.6 Å². The zero-order chi connectivity index (χ0) is 18.9. The third-order valence-corrected chi connectivity index (χ3v) is 5.67. The lowest BCUT2D eigenvalue weighted by Crippen LogP contribution is -2.16. The molecule has 0 spiro atoms. The first-order chi connectivity index (χ1) is 12.2. The quantitative estimate of drug-likeness (QED) is 0.740. The fourth-order valence-corrected chi connectivity index (χ4v) is 4.51. The second kappa shape index (κ2) is 6.92. The van der Waals surface area contributed by atoms with Crippen LogP contribution in [0.4, 0.5) is 10.2 Å². The van der Waals surface area contributed by atoms with Crippen LogP contribution in [0.3, 0.4) is 0 Å². The number of hydrogen-bond acceptors (Lipinski definition) is 3. The Morgan fingerprint density at radius 1 is 1.04 bits per heavy atom.